The standard InChI is InChI=1S/C12H19N5O/c13-10(5-8-1-2-8)12(18)16-11-3-4-15-17(11)9-6-14-7-9/h3-4,8-10,14H,1-2,5-7,13H2,(H,16,18)/t10-/m0/s1. The van der Waals surface area contributed by atoms with Crippen molar-refractivity contribution in [2.24, 2.45) is 11.7 Å². The molecule has 1 atom stereocenters. The Morgan fingerprint density at radius 3 is 3.00 bits per heavy atom. The first-order chi connectivity index (χ1) is 8.74. The Balaban J connectivity index is 1.60. The molecule has 0 bridgehead atoms. The third-order valence-electron chi connectivity index (χ3n) is 3.65. The summed E-state index contributed by atoms with van der Waals surface area (Å²) in [5, 5.41) is 10.3. The van der Waals surface area contributed by atoms with Crippen LogP contribution in [0.3, 0.4) is 0 Å². The molecule has 3 rings (SSSR count). The summed E-state index contributed by atoms with van der Waals surface area (Å²) in [5.74, 6) is 1.31. The minimum absolute atomic E-state index is 0.101. The molecule has 6 nitrogen and oxygen atoms in total. The second kappa shape index (κ2) is 4.70. The van der Waals surface area contributed by atoms with Crippen LogP contribution in [0.4, 0.5) is 5.82 Å². The van der Waals surface area contributed by atoms with Crippen molar-refractivity contribution in [3.8, 4) is 0 Å². The second-order valence-electron chi connectivity index (χ2n) is 5.25. The molecule has 1 aromatic heterocycles. The SMILES string of the molecule is N[C@@H](CC1CC1)C(=O)Nc1ccnn1C1CNC1. The van der Waals surface area contributed by atoms with Crippen LogP contribution < -0.4 is 16.4 Å². The minimum atomic E-state index is -0.402. The van der Waals surface area contributed by atoms with Crippen LogP contribution in [0.5, 0.6) is 0 Å². The zero-order chi connectivity index (χ0) is 12.5. The lowest BCUT2D eigenvalue weighted by atomic mass is 10.1. The third-order valence-corrected chi connectivity index (χ3v) is 3.65. The Bertz CT molecular complexity index is 435. The smallest absolute Gasteiger partial charge is 0.242 e. The van der Waals surface area contributed by atoms with E-state index in [2.05, 4.69) is 15.7 Å². The quantitative estimate of drug-likeness (QED) is 0.690. The molecule has 1 saturated carbocycles. The van der Waals surface area contributed by atoms with Crippen molar-refractivity contribution in [1.29, 1.82) is 0 Å². The monoisotopic (exact) mass is 249 g/mol. The first-order valence-corrected chi connectivity index (χ1v) is 6.54. The van der Waals surface area contributed by atoms with E-state index in [4.69, 9.17) is 5.73 Å². The highest BCUT2D eigenvalue weighted by Gasteiger charge is 2.28. The van der Waals surface area contributed by atoms with E-state index in [0.717, 1.165) is 25.3 Å². The van der Waals surface area contributed by atoms with Crippen LogP contribution in [0, 0.1) is 5.92 Å². The molecule has 1 amide bonds. The van der Waals surface area contributed by atoms with Crippen molar-refractivity contribution in [2.75, 3.05) is 18.4 Å². The fraction of sp³-hybridized carbons (Fsp3) is 0.667. The number of carbonyl (C=O) groups is 1. The molecule has 1 saturated heterocycles. The first-order valence-electron chi connectivity index (χ1n) is 6.54. The largest absolute Gasteiger partial charge is 0.320 e. The van der Waals surface area contributed by atoms with Gasteiger partial charge in [0.25, 0.3) is 0 Å². The van der Waals surface area contributed by atoms with Gasteiger partial charge in [-0.25, -0.2) is 4.68 Å². The lowest BCUT2D eigenvalue weighted by molar-refractivity contribution is -0.117. The van der Waals surface area contributed by atoms with Gasteiger partial charge in [0.05, 0.1) is 18.3 Å². The highest BCUT2D eigenvalue weighted by molar-refractivity contribution is 5.93. The number of aromatic nitrogens is 2. The van der Waals surface area contributed by atoms with E-state index >= 15 is 0 Å². The van der Waals surface area contributed by atoms with Crippen molar-refractivity contribution < 1.29 is 4.79 Å². The highest BCUT2D eigenvalue weighted by atomic mass is 16.2. The molecule has 0 spiro atoms. The van der Waals surface area contributed by atoms with Gasteiger partial charge in [0.1, 0.15) is 5.82 Å². The number of carbonyl (C=O) groups excluding carboxylic acids is 1. The van der Waals surface area contributed by atoms with E-state index in [-0.39, 0.29) is 5.91 Å². The second-order valence-corrected chi connectivity index (χ2v) is 5.25. The van der Waals surface area contributed by atoms with Crippen LogP contribution in [-0.4, -0.2) is 34.8 Å². The van der Waals surface area contributed by atoms with Crippen LogP contribution in [0.2, 0.25) is 0 Å². The summed E-state index contributed by atoms with van der Waals surface area (Å²) in [6.07, 6.45) is 4.94. The van der Waals surface area contributed by atoms with Crippen LogP contribution in [0.25, 0.3) is 0 Å². The Hall–Kier alpha value is -1.40. The molecule has 1 aromatic rings. The normalized spacial score (nSPS) is 21.4. The zero-order valence-corrected chi connectivity index (χ0v) is 10.3. The molecule has 2 fully saturated rings. The van der Waals surface area contributed by atoms with Gasteiger partial charge in [-0.2, -0.15) is 5.10 Å². The molecule has 0 unspecified atom stereocenters. The lowest BCUT2D eigenvalue weighted by Crippen LogP contribution is -2.44. The number of amides is 1. The summed E-state index contributed by atoms with van der Waals surface area (Å²) in [6.45, 7) is 1.80. The van der Waals surface area contributed by atoms with Crippen LogP contribution >= 0.6 is 0 Å². The average molecular weight is 249 g/mol. The summed E-state index contributed by atoms with van der Waals surface area (Å²) in [5.41, 5.74) is 5.89. The number of hydrogen-bond acceptors (Lipinski definition) is 4. The average Bonchev–Trinajstić information content (AvgIpc) is 2.98. The maximum absolute atomic E-state index is 12.0. The van der Waals surface area contributed by atoms with Crippen molar-refractivity contribution in [1.82, 2.24) is 15.1 Å². The van der Waals surface area contributed by atoms with Gasteiger partial charge < -0.3 is 16.4 Å². The summed E-state index contributed by atoms with van der Waals surface area (Å²) >= 11 is 0. The molecular formula is C12H19N5O. The number of nitrogens with one attached hydrogen (secondary N) is 2. The molecule has 98 valence electrons. The number of rotatable bonds is 5. The number of hydrogen-bond donors (Lipinski definition) is 3. The summed E-state index contributed by atoms with van der Waals surface area (Å²) in [7, 11) is 0. The van der Waals surface area contributed by atoms with E-state index < -0.39 is 6.04 Å². The first kappa shape index (κ1) is 11.7. The maximum atomic E-state index is 12.0. The number of nitrogens with zero attached hydrogens (tertiary/aromatic N) is 2. The lowest BCUT2D eigenvalue weighted by Gasteiger charge is -2.28. The van der Waals surface area contributed by atoms with Crippen molar-refractivity contribution in [3.05, 3.63) is 12.3 Å². The van der Waals surface area contributed by atoms with Gasteiger partial charge in [-0.3, -0.25) is 4.79 Å². The predicted octanol–water partition coefficient (Wildman–Crippen LogP) is 0.0933. The molecule has 18 heavy (non-hydrogen) atoms. The van der Waals surface area contributed by atoms with Crippen LogP contribution in [0.15, 0.2) is 12.3 Å². The molecule has 6 heteroatoms. The fourth-order valence-corrected chi connectivity index (χ4v) is 2.19. The predicted molar refractivity (Wildman–Crippen MR) is 68.1 cm³/mol. The van der Waals surface area contributed by atoms with Gasteiger partial charge in [0, 0.05) is 19.2 Å². The van der Waals surface area contributed by atoms with E-state index in [1.807, 2.05) is 10.7 Å². The Labute approximate surface area is 106 Å². The summed E-state index contributed by atoms with van der Waals surface area (Å²) in [6, 6.07) is 1.76. The Kier molecular flexibility index (Phi) is 3.05. The molecule has 0 radical (unpaired) electrons. The van der Waals surface area contributed by atoms with Gasteiger partial charge in [-0.1, -0.05) is 12.8 Å². The van der Waals surface area contributed by atoms with Crippen molar-refractivity contribution in [2.45, 2.75) is 31.3 Å². The molecule has 1 aliphatic carbocycles. The molecule has 2 heterocycles. The maximum Gasteiger partial charge on any atom is 0.242 e. The third kappa shape index (κ3) is 2.39. The number of nitrogens with two attached hydrogens (primary N) is 1. The molecule has 4 N–H and O–H groups in total. The van der Waals surface area contributed by atoms with E-state index in [0.29, 0.717) is 12.0 Å². The van der Waals surface area contributed by atoms with E-state index in [9.17, 15) is 4.79 Å². The molecule has 0 aromatic carbocycles. The van der Waals surface area contributed by atoms with Gasteiger partial charge in [-0.15, -0.1) is 0 Å². The topological polar surface area (TPSA) is 85.0 Å². The van der Waals surface area contributed by atoms with Crippen molar-refractivity contribution in [3.63, 3.8) is 0 Å². The van der Waals surface area contributed by atoms with E-state index in [1.165, 1.54) is 12.8 Å². The van der Waals surface area contributed by atoms with Gasteiger partial charge in [-0.05, 0) is 12.3 Å². The van der Waals surface area contributed by atoms with Crippen LogP contribution in [0.1, 0.15) is 25.3 Å². The Morgan fingerprint density at radius 1 is 1.61 bits per heavy atom. The fourth-order valence-electron chi connectivity index (χ4n) is 2.19. The summed E-state index contributed by atoms with van der Waals surface area (Å²) < 4.78 is 1.86. The van der Waals surface area contributed by atoms with Gasteiger partial charge in [0.2, 0.25) is 5.91 Å². The van der Waals surface area contributed by atoms with Gasteiger partial charge in [0.15, 0.2) is 0 Å². The summed E-state index contributed by atoms with van der Waals surface area (Å²) in [4.78, 5) is 12.0. The van der Waals surface area contributed by atoms with Crippen LogP contribution in [-0.2, 0) is 4.79 Å². The minimum Gasteiger partial charge on any atom is -0.320 e. The van der Waals surface area contributed by atoms with E-state index in [1.54, 1.807) is 6.20 Å². The van der Waals surface area contributed by atoms with Gasteiger partial charge >= 0.3 is 0 Å². The molecule has 2 aliphatic rings. The zero-order valence-electron chi connectivity index (χ0n) is 10.3. The highest BCUT2D eigenvalue weighted by Crippen LogP contribution is 2.33. The molecular weight excluding hydrogens is 230 g/mol. The number of anilines is 1. The van der Waals surface area contributed by atoms with Crippen molar-refractivity contribution >= 4 is 11.7 Å². The Morgan fingerprint density at radius 2 is 2.39 bits per heavy atom. The molecule has 1 aliphatic heterocycles.